The maximum atomic E-state index is 12.4. The molecule has 0 radical (unpaired) electrons. The highest BCUT2D eigenvalue weighted by Crippen LogP contribution is 2.19. The van der Waals surface area contributed by atoms with Crippen molar-refractivity contribution in [3.05, 3.63) is 0 Å². The van der Waals surface area contributed by atoms with Gasteiger partial charge in [-0.25, -0.2) is 0 Å². The molecule has 0 spiro atoms. The summed E-state index contributed by atoms with van der Waals surface area (Å²) in [6.45, 7) is 19.2. The molecule has 0 bridgehead atoms. The minimum absolute atomic E-state index is 0.148. The van der Waals surface area contributed by atoms with Gasteiger partial charge in [0.05, 0.1) is 26.4 Å². The standard InChI is InChI=1S/C31H56BrN3O8/c1-25(22-34-14-18-39-19-15-34)41-28(36)10-6-8-12-33(24-27(3)43-30(38)31(4,5)32)13-9-7-11-29(37)42-26(2)23-35-16-20-40-21-17-35/h25-27H,6-24H2,1-5H3. The van der Waals surface area contributed by atoms with Crippen molar-refractivity contribution in [3.63, 3.8) is 0 Å². The number of nitrogens with zero attached hydrogens (tertiary/aromatic N) is 3. The zero-order chi connectivity index (χ0) is 31.7. The van der Waals surface area contributed by atoms with Crippen LogP contribution in [0.2, 0.25) is 0 Å². The van der Waals surface area contributed by atoms with Gasteiger partial charge in [-0.15, -0.1) is 0 Å². The smallest absolute Gasteiger partial charge is 0.322 e. The molecule has 2 saturated heterocycles. The molecule has 0 aliphatic carbocycles. The molecule has 12 heteroatoms. The number of hydrogen-bond donors (Lipinski definition) is 0. The number of carbonyl (C=O) groups excluding carboxylic acids is 3. The summed E-state index contributed by atoms with van der Waals surface area (Å²) in [6, 6.07) is 0. The van der Waals surface area contributed by atoms with Crippen LogP contribution in [-0.4, -0.2) is 141 Å². The first-order chi connectivity index (χ1) is 20.4. The van der Waals surface area contributed by atoms with Gasteiger partial charge in [-0.3, -0.25) is 29.1 Å². The second-order valence-corrected chi connectivity index (χ2v) is 14.3. The highest BCUT2D eigenvalue weighted by Gasteiger charge is 2.27. The van der Waals surface area contributed by atoms with Crippen molar-refractivity contribution in [1.29, 1.82) is 0 Å². The number of hydrogen-bond acceptors (Lipinski definition) is 11. The van der Waals surface area contributed by atoms with Crippen LogP contribution in [-0.2, 0) is 38.1 Å². The van der Waals surface area contributed by atoms with E-state index in [2.05, 4.69) is 30.6 Å². The third kappa shape index (κ3) is 17.7. The minimum atomic E-state index is -0.745. The van der Waals surface area contributed by atoms with Gasteiger partial charge in [0.25, 0.3) is 0 Å². The average Bonchev–Trinajstić information content (AvgIpc) is 2.93. The van der Waals surface area contributed by atoms with Crippen LogP contribution in [0.3, 0.4) is 0 Å². The third-order valence-corrected chi connectivity index (χ3v) is 7.75. The SMILES string of the molecule is CC(CN1CCOCC1)OC(=O)CCCCN(CCCCC(=O)OC(C)CN1CCOCC1)CC(C)OC(=O)C(C)(C)Br. The van der Waals surface area contributed by atoms with E-state index in [0.29, 0.717) is 19.4 Å². The lowest BCUT2D eigenvalue weighted by atomic mass is 10.2. The Hall–Kier alpha value is -1.31. The number of halogens is 1. The van der Waals surface area contributed by atoms with Crippen LogP contribution in [0, 0.1) is 0 Å². The van der Waals surface area contributed by atoms with Crippen LogP contribution in [0.4, 0.5) is 0 Å². The molecule has 0 N–H and O–H groups in total. The lowest BCUT2D eigenvalue weighted by molar-refractivity contribution is -0.151. The van der Waals surface area contributed by atoms with E-state index in [1.807, 2.05) is 20.8 Å². The Morgan fingerprint density at radius 3 is 1.53 bits per heavy atom. The Morgan fingerprint density at radius 1 is 0.721 bits per heavy atom. The van der Waals surface area contributed by atoms with Crippen LogP contribution < -0.4 is 0 Å². The van der Waals surface area contributed by atoms with Crippen LogP contribution in [0.15, 0.2) is 0 Å². The van der Waals surface area contributed by atoms with E-state index in [1.165, 1.54) is 0 Å². The molecule has 250 valence electrons. The van der Waals surface area contributed by atoms with Gasteiger partial charge in [0.15, 0.2) is 0 Å². The molecule has 0 saturated carbocycles. The van der Waals surface area contributed by atoms with Gasteiger partial charge in [0, 0.05) is 58.7 Å². The summed E-state index contributed by atoms with van der Waals surface area (Å²) in [5, 5.41) is 0. The molecule has 3 unspecified atom stereocenters. The molecule has 2 heterocycles. The number of ether oxygens (including phenoxy) is 5. The molecule has 3 atom stereocenters. The van der Waals surface area contributed by atoms with E-state index in [0.717, 1.165) is 104 Å². The zero-order valence-electron chi connectivity index (χ0n) is 27.2. The lowest BCUT2D eigenvalue weighted by Gasteiger charge is -2.29. The van der Waals surface area contributed by atoms with Crippen LogP contribution >= 0.6 is 15.9 Å². The maximum Gasteiger partial charge on any atom is 0.322 e. The fraction of sp³-hybridized carbons (Fsp3) is 0.903. The summed E-state index contributed by atoms with van der Waals surface area (Å²) >= 11 is 3.37. The fourth-order valence-electron chi connectivity index (χ4n) is 5.16. The molecule has 11 nitrogen and oxygen atoms in total. The second kappa shape index (κ2) is 20.7. The van der Waals surface area contributed by atoms with Crippen LogP contribution in [0.5, 0.6) is 0 Å². The highest BCUT2D eigenvalue weighted by atomic mass is 79.9. The van der Waals surface area contributed by atoms with E-state index in [1.54, 1.807) is 13.8 Å². The van der Waals surface area contributed by atoms with E-state index in [4.69, 9.17) is 23.7 Å². The van der Waals surface area contributed by atoms with Crippen molar-refractivity contribution in [2.24, 2.45) is 0 Å². The highest BCUT2D eigenvalue weighted by molar-refractivity contribution is 9.10. The van der Waals surface area contributed by atoms with E-state index in [-0.39, 0.29) is 36.2 Å². The predicted octanol–water partition coefficient (Wildman–Crippen LogP) is 3.26. The normalized spacial score (nSPS) is 19.0. The quantitative estimate of drug-likeness (QED) is 0.0820. The first-order valence-electron chi connectivity index (χ1n) is 16.0. The van der Waals surface area contributed by atoms with Crippen molar-refractivity contribution in [2.45, 2.75) is 95.8 Å². The minimum Gasteiger partial charge on any atom is -0.461 e. The Labute approximate surface area is 267 Å². The fourth-order valence-corrected chi connectivity index (χ4v) is 5.26. The van der Waals surface area contributed by atoms with Gasteiger partial charge in [0.2, 0.25) is 0 Å². The molecular weight excluding hydrogens is 622 g/mol. The molecule has 0 amide bonds. The van der Waals surface area contributed by atoms with Crippen molar-refractivity contribution < 1.29 is 38.1 Å². The van der Waals surface area contributed by atoms with E-state index >= 15 is 0 Å². The number of morpholine rings is 2. The molecule has 2 fully saturated rings. The molecule has 2 aliphatic heterocycles. The molecule has 0 aromatic heterocycles. The Morgan fingerprint density at radius 2 is 1.14 bits per heavy atom. The van der Waals surface area contributed by atoms with Gasteiger partial charge >= 0.3 is 17.9 Å². The molecule has 0 aromatic rings. The van der Waals surface area contributed by atoms with Gasteiger partial charge in [-0.1, -0.05) is 15.9 Å². The summed E-state index contributed by atoms with van der Waals surface area (Å²) in [4.78, 5) is 43.9. The Balaban J connectivity index is 1.71. The van der Waals surface area contributed by atoms with Gasteiger partial charge in [-0.05, 0) is 73.4 Å². The van der Waals surface area contributed by atoms with Crippen LogP contribution in [0.1, 0.15) is 73.1 Å². The number of rotatable bonds is 20. The Bertz CT molecular complexity index is 767. The van der Waals surface area contributed by atoms with E-state index < -0.39 is 4.32 Å². The summed E-state index contributed by atoms with van der Waals surface area (Å²) in [6.07, 6.45) is 3.23. The molecule has 2 rings (SSSR count). The van der Waals surface area contributed by atoms with Gasteiger partial charge in [-0.2, -0.15) is 0 Å². The average molecular weight is 679 g/mol. The molecule has 43 heavy (non-hydrogen) atoms. The number of alkyl halides is 1. The maximum absolute atomic E-state index is 12.4. The van der Waals surface area contributed by atoms with Crippen molar-refractivity contribution in [3.8, 4) is 0 Å². The Kier molecular flexibility index (Phi) is 18.2. The third-order valence-electron chi connectivity index (χ3n) is 7.42. The number of esters is 3. The second-order valence-electron chi connectivity index (χ2n) is 12.3. The van der Waals surface area contributed by atoms with Crippen molar-refractivity contribution in [1.82, 2.24) is 14.7 Å². The predicted molar refractivity (Wildman–Crippen MR) is 168 cm³/mol. The largest absolute Gasteiger partial charge is 0.461 e. The van der Waals surface area contributed by atoms with Gasteiger partial charge in [0.1, 0.15) is 22.6 Å². The van der Waals surface area contributed by atoms with Crippen molar-refractivity contribution in [2.75, 3.05) is 85.3 Å². The first kappa shape index (κ1) is 37.9. The molecule has 0 aromatic carbocycles. The number of carbonyl (C=O) groups is 3. The molecule has 2 aliphatic rings. The number of unbranched alkanes of at least 4 members (excludes halogenated alkanes) is 2. The van der Waals surface area contributed by atoms with E-state index in [9.17, 15) is 14.4 Å². The summed E-state index contributed by atoms with van der Waals surface area (Å²) in [7, 11) is 0. The zero-order valence-corrected chi connectivity index (χ0v) is 28.7. The summed E-state index contributed by atoms with van der Waals surface area (Å²) in [5.41, 5.74) is 0. The molecular formula is C31H56BrN3O8. The first-order valence-corrected chi connectivity index (χ1v) is 16.8. The van der Waals surface area contributed by atoms with Gasteiger partial charge < -0.3 is 23.7 Å². The van der Waals surface area contributed by atoms with Crippen LogP contribution in [0.25, 0.3) is 0 Å². The summed E-state index contributed by atoms with van der Waals surface area (Å²) < 4.78 is 26.9. The lowest BCUT2D eigenvalue weighted by Crippen LogP contribution is -2.41. The van der Waals surface area contributed by atoms with Crippen molar-refractivity contribution >= 4 is 33.8 Å². The summed E-state index contributed by atoms with van der Waals surface area (Å²) in [5.74, 6) is -0.645. The topological polar surface area (TPSA) is 107 Å². The monoisotopic (exact) mass is 677 g/mol.